The minimum atomic E-state index is -1.01. The largest absolute Gasteiger partial charge is 0.497 e. The molecule has 2 aromatic carbocycles. The van der Waals surface area contributed by atoms with Crippen molar-refractivity contribution < 1.29 is 14.6 Å². The number of aliphatic hydroxyl groups is 1. The molecule has 0 radical (unpaired) electrons. The first-order valence-corrected chi connectivity index (χ1v) is 10.5. The second-order valence-corrected chi connectivity index (χ2v) is 8.39. The molecule has 0 aliphatic carbocycles. The van der Waals surface area contributed by atoms with E-state index in [4.69, 9.17) is 4.74 Å². The third-order valence-corrected chi connectivity index (χ3v) is 5.96. The molecule has 3 rings (SSSR count). The van der Waals surface area contributed by atoms with E-state index in [0.29, 0.717) is 26.1 Å². The molecule has 1 heterocycles. The van der Waals surface area contributed by atoms with Gasteiger partial charge in [-0.3, -0.25) is 0 Å². The molecule has 1 aliphatic rings. The van der Waals surface area contributed by atoms with Crippen LogP contribution in [-0.2, 0) is 5.60 Å². The molecular weight excluding hydrogens is 414 g/mol. The third kappa shape index (κ3) is 5.91. The van der Waals surface area contributed by atoms with Gasteiger partial charge in [-0.05, 0) is 50.7 Å². The van der Waals surface area contributed by atoms with Crippen LogP contribution in [0.3, 0.4) is 0 Å². The van der Waals surface area contributed by atoms with Crippen LogP contribution in [0.1, 0.15) is 30.5 Å². The maximum absolute atomic E-state index is 13.0. The smallest absolute Gasteiger partial charge is 0.317 e. The molecule has 170 valence electrons. The van der Waals surface area contributed by atoms with E-state index in [0.717, 1.165) is 16.9 Å². The number of likely N-dealkylation sites (tertiary alicyclic amines) is 1. The van der Waals surface area contributed by atoms with Crippen molar-refractivity contribution in [1.82, 2.24) is 15.1 Å². The molecule has 7 heteroatoms. The van der Waals surface area contributed by atoms with Crippen LogP contribution in [0.15, 0.2) is 54.6 Å². The van der Waals surface area contributed by atoms with Gasteiger partial charge in [0, 0.05) is 25.6 Å². The standard InChI is InChI=1S/C24H33N3O3.ClH/c1-18(19-9-6-5-7-10-19)25-23(28)27-14-13-24(29,21(17-27)16-26(2)3)20-11-8-12-22(15-20)30-4;/h5-12,15,18,21,29H,13-14,16-17H2,1-4H3,(H,25,28);1H/t18-,21?,24?;/m0./s1. The van der Waals surface area contributed by atoms with Crippen LogP contribution >= 0.6 is 12.4 Å². The van der Waals surface area contributed by atoms with Crippen molar-refractivity contribution in [1.29, 1.82) is 0 Å². The van der Waals surface area contributed by atoms with Gasteiger partial charge in [0.05, 0.1) is 18.8 Å². The number of amides is 2. The van der Waals surface area contributed by atoms with E-state index >= 15 is 0 Å². The first-order chi connectivity index (χ1) is 14.3. The molecule has 0 bridgehead atoms. The zero-order valence-corrected chi connectivity index (χ0v) is 19.6. The van der Waals surface area contributed by atoms with Gasteiger partial charge < -0.3 is 25.0 Å². The van der Waals surface area contributed by atoms with Gasteiger partial charge in [-0.25, -0.2) is 4.79 Å². The molecule has 0 aromatic heterocycles. The van der Waals surface area contributed by atoms with Crippen molar-refractivity contribution in [2.45, 2.75) is 25.0 Å². The summed E-state index contributed by atoms with van der Waals surface area (Å²) in [6.45, 7) is 3.64. The number of rotatable bonds is 6. The van der Waals surface area contributed by atoms with E-state index in [1.165, 1.54) is 0 Å². The Hall–Kier alpha value is -2.28. The molecule has 0 saturated carbocycles. The Bertz CT molecular complexity index is 849. The number of ether oxygens (including phenoxy) is 1. The molecule has 2 N–H and O–H groups in total. The predicted molar refractivity (Wildman–Crippen MR) is 126 cm³/mol. The summed E-state index contributed by atoms with van der Waals surface area (Å²) in [5, 5.41) is 14.8. The molecule has 31 heavy (non-hydrogen) atoms. The van der Waals surface area contributed by atoms with Crippen LogP contribution in [0, 0.1) is 5.92 Å². The van der Waals surface area contributed by atoms with Crippen LogP contribution in [-0.4, -0.2) is 61.8 Å². The summed E-state index contributed by atoms with van der Waals surface area (Å²) in [7, 11) is 5.60. The van der Waals surface area contributed by atoms with Gasteiger partial charge in [-0.2, -0.15) is 0 Å². The molecular formula is C24H34ClN3O3. The van der Waals surface area contributed by atoms with Crippen LogP contribution in [0.2, 0.25) is 0 Å². The Kier molecular flexibility index (Phi) is 8.74. The minimum absolute atomic E-state index is 0. The van der Waals surface area contributed by atoms with Crippen LogP contribution in [0.4, 0.5) is 4.79 Å². The van der Waals surface area contributed by atoms with E-state index in [2.05, 4.69) is 10.2 Å². The number of benzene rings is 2. The number of methoxy groups -OCH3 is 1. The SMILES string of the molecule is COc1cccc(C2(O)CCN(C(=O)N[C@@H](C)c3ccccc3)CC2CN(C)C)c1.Cl. The lowest BCUT2D eigenvalue weighted by atomic mass is 9.75. The summed E-state index contributed by atoms with van der Waals surface area (Å²) >= 11 is 0. The molecule has 2 amide bonds. The summed E-state index contributed by atoms with van der Waals surface area (Å²) in [5.41, 5.74) is 0.896. The van der Waals surface area contributed by atoms with Crippen molar-refractivity contribution in [3.63, 3.8) is 0 Å². The number of hydrogen-bond donors (Lipinski definition) is 2. The molecule has 2 aromatic rings. The summed E-state index contributed by atoms with van der Waals surface area (Å²) in [4.78, 5) is 16.8. The fourth-order valence-corrected chi connectivity index (χ4v) is 4.23. The van der Waals surface area contributed by atoms with Crippen molar-refractivity contribution in [3.8, 4) is 5.75 Å². The second kappa shape index (κ2) is 10.8. The van der Waals surface area contributed by atoms with Crippen molar-refractivity contribution in [3.05, 3.63) is 65.7 Å². The van der Waals surface area contributed by atoms with Crippen LogP contribution < -0.4 is 10.1 Å². The Labute approximate surface area is 191 Å². The highest BCUT2D eigenvalue weighted by molar-refractivity contribution is 5.85. The van der Waals surface area contributed by atoms with Gasteiger partial charge >= 0.3 is 6.03 Å². The summed E-state index contributed by atoms with van der Waals surface area (Å²) in [6, 6.07) is 17.4. The molecule has 0 spiro atoms. The van der Waals surface area contributed by atoms with E-state index in [9.17, 15) is 9.90 Å². The zero-order chi connectivity index (χ0) is 21.7. The maximum Gasteiger partial charge on any atom is 0.317 e. The van der Waals surface area contributed by atoms with Crippen LogP contribution in [0.25, 0.3) is 0 Å². The lowest BCUT2D eigenvalue weighted by Crippen LogP contribution is -2.56. The lowest BCUT2D eigenvalue weighted by Gasteiger charge is -2.46. The van der Waals surface area contributed by atoms with Crippen LogP contribution in [0.5, 0.6) is 5.75 Å². The number of piperidine rings is 1. The van der Waals surface area contributed by atoms with Crippen molar-refractivity contribution >= 4 is 18.4 Å². The average Bonchev–Trinajstić information content (AvgIpc) is 2.75. The Balaban J connectivity index is 0.00000341. The third-order valence-electron chi connectivity index (χ3n) is 5.96. The van der Waals surface area contributed by atoms with E-state index < -0.39 is 5.60 Å². The number of urea groups is 1. The molecule has 1 aliphatic heterocycles. The van der Waals surface area contributed by atoms with Gasteiger partial charge in [-0.15, -0.1) is 12.4 Å². The fraction of sp³-hybridized carbons (Fsp3) is 0.458. The average molecular weight is 448 g/mol. The van der Waals surface area contributed by atoms with Crippen molar-refractivity contribution in [2.75, 3.05) is 40.8 Å². The first kappa shape index (κ1) is 25.0. The number of nitrogens with zero attached hydrogens (tertiary/aromatic N) is 2. The monoisotopic (exact) mass is 447 g/mol. The van der Waals surface area contributed by atoms with E-state index in [1.54, 1.807) is 7.11 Å². The summed E-state index contributed by atoms with van der Waals surface area (Å²) < 4.78 is 5.36. The molecule has 6 nitrogen and oxygen atoms in total. The normalized spacial score (nSPS) is 21.9. The highest BCUT2D eigenvalue weighted by Crippen LogP contribution is 2.39. The Morgan fingerprint density at radius 2 is 1.97 bits per heavy atom. The number of carbonyl (C=O) groups is 1. The van der Waals surface area contributed by atoms with Gasteiger partial charge in [0.2, 0.25) is 0 Å². The quantitative estimate of drug-likeness (QED) is 0.709. The van der Waals surface area contributed by atoms with Gasteiger partial charge in [0.15, 0.2) is 0 Å². The van der Waals surface area contributed by atoms with Gasteiger partial charge in [-0.1, -0.05) is 42.5 Å². The zero-order valence-electron chi connectivity index (χ0n) is 18.7. The van der Waals surface area contributed by atoms with E-state index in [1.807, 2.05) is 80.5 Å². The Morgan fingerprint density at radius 3 is 2.61 bits per heavy atom. The molecule has 2 unspecified atom stereocenters. The fourth-order valence-electron chi connectivity index (χ4n) is 4.23. The number of carbonyl (C=O) groups excluding carboxylic acids is 1. The second-order valence-electron chi connectivity index (χ2n) is 8.39. The van der Waals surface area contributed by atoms with Gasteiger partial charge in [0.1, 0.15) is 5.75 Å². The number of nitrogens with one attached hydrogen (secondary N) is 1. The highest BCUT2D eigenvalue weighted by Gasteiger charge is 2.44. The summed E-state index contributed by atoms with van der Waals surface area (Å²) in [6.07, 6.45) is 0.478. The van der Waals surface area contributed by atoms with E-state index in [-0.39, 0.29) is 30.4 Å². The maximum atomic E-state index is 13.0. The highest BCUT2D eigenvalue weighted by atomic mass is 35.5. The summed E-state index contributed by atoms with van der Waals surface area (Å²) in [5.74, 6) is 0.604. The minimum Gasteiger partial charge on any atom is -0.497 e. The number of hydrogen-bond acceptors (Lipinski definition) is 4. The predicted octanol–water partition coefficient (Wildman–Crippen LogP) is 3.66. The molecule has 1 saturated heterocycles. The van der Waals surface area contributed by atoms with Crippen molar-refractivity contribution in [2.24, 2.45) is 5.92 Å². The lowest BCUT2D eigenvalue weighted by molar-refractivity contribution is -0.0759. The topological polar surface area (TPSA) is 65.0 Å². The molecule has 1 fully saturated rings. The first-order valence-electron chi connectivity index (χ1n) is 10.5. The molecule has 3 atom stereocenters. The van der Waals surface area contributed by atoms with Gasteiger partial charge in [0.25, 0.3) is 0 Å². The Morgan fingerprint density at radius 1 is 1.26 bits per heavy atom. The number of halogens is 1.